The van der Waals surface area contributed by atoms with Crippen LogP contribution in [-0.4, -0.2) is 30.1 Å². The molecule has 0 bridgehead atoms. The normalized spacial score (nSPS) is 22.8. The Morgan fingerprint density at radius 1 is 1.11 bits per heavy atom. The van der Waals surface area contributed by atoms with Gasteiger partial charge in [0.1, 0.15) is 0 Å². The Hall–Kier alpha value is -1.10. The lowest BCUT2D eigenvalue weighted by Crippen LogP contribution is -2.39. The maximum Gasteiger partial charge on any atom is 0.168 e. The van der Waals surface area contributed by atoms with Crippen LogP contribution in [-0.2, 0) is 16.1 Å². The minimum atomic E-state index is -0.279. The third kappa shape index (κ3) is 2.91. The molecule has 1 aromatic carbocycles. The quantitative estimate of drug-likeness (QED) is 0.878. The Balaban J connectivity index is 1.53. The van der Waals surface area contributed by atoms with Crippen LogP contribution in [0.15, 0.2) is 24.3 Å². The van der Waals surface area contributed by atoms with Crippen molar-refractivity contribution in [2.75, 3.05) is 18.5 Å². The van der Waals surface area contributed by atoms with Gasteiger partial charge in [-0.1, -0.05) is 12.1 Å². The number of ether oxygens (including phenoxy) is 2. The number of hydrogen-bond donors (Lipinski definition) is 2. The fraction of sp³-hybridized carbons (Fsp3) is 0.600. The zero-order valence-electron chi connectivity index (χ0n) is 11.1. The smallest absolute Gasteiger partial charge is 0.168 e. The molecule has 1 saturated heterocycles. The van der Waals surface area contributed by atoms with Crippen molar-refractivity contribution >= 4 is 5.69 Å². The van der Waals surface area contributed by atoms with E-state index in [4.69, 9.17) is 14.6 Å². The highest BCUT2D eigenvalue weighted by molar-refractivity contribution is 5.45. The van der Waals surface area contributed by atoms with Crippen molar-refractivity contribution < 1.29 is 14.6 Å². The fourth-order valence-electron chi connectivity index (χ4n) is 2.93. The Labute approximate surface area is 113 Å². The second kappa shape index (κ2) is 5.49. The summed E-state index contributed by atoms with van der Waals surface area (Å²) in [6, 6.07) is 8.45. The van der Waals surface area contributed by atoms with Gasteiger partial charge in [-0.3, -0.25) is 0 Å². The molecule has 0 radical (unpaired) electrons. The molecule has 1 aromatic rings. The summed E-state index contributed by atoms with van der Waals surface area (Å²) in [6.45, 7) is 1.57. The predicted octanol–water partition coefficient (Wildman–Crippen LogP) is 2.28. The van der Waals surface area contributed by atoms with Gasteiger partial charge in [0.2, 0.25) is 0 Å². The number of rotatable bonds is 3. The van der Waals surface area contributed by atoms with Crippen molar-refractivity contribution in [2.24, 2.45) is 0 Å². The zero-order valence-corrected chi connectivity index (χ0v) is 11.1. The first-order valence-corrected chi connectivity index (χ1v) is 7.04. The van der Waals surface area contributed by atoms with Crippen LogP contribution in [0.25, 0.3) is 0 Å². The first-order chi connectivity index (χ1) is 9.30. The summed E-state index contributed by atoms with van der Waals surface area (Å²) >= 11 is 0. The Morgan fingerprint density at radius 2 is 1.74 bits per heavy atom. The Morgan fingerprint density at radius 3 is 2.32 bits per heavy atom. The summed E-state index contributed by atoms with van der Waals surface area (Å²) in [7, 11) is 0. The summed E-state index contributed by atoms with van der Waals surface area (Å²) in [5.74, 6) is -0.279. The summed E-state index contributed by atoms with van der Waals surface area (Å²) in [5.41, 5.74) is 2.06. The monoisotopic (exact) mass is 263 g/mol. The van der Waals surface area contributed by atoms with E-state index >= 15 is 0 Å². The lowest BCUT2D eigenvalue weighted by Gasteiger charge is -2.36. The lowest BCUT2D eigenvalue weighted by molar-refractivity contribution is -0.177. The van der Waals surface area contributed by atoms with Gasteiger partial charge in [-0.2, -0.15) is 0 Å². The van der Waals surface area contributed by atoms with Crippen LogP contribution in [0.3, 0.4) is 0 Å². The second-order valence-corrected chi connectivity index (χ2v) is 5.38. The van der Waals surface area contributed by atoms with Crippen LogP contribution in [0.5, 0.6) is 0 Å². The van der Waals surface area contributed by atoms with E-state index in [1.54, 1.807) is 0 Å². The van der Waals surface area contributed by atoms with Gasteiger partial charge >= 0.3 is 0 Å². The van der Waals surface area contributed by atoms with Crippen LogP contribution in [0.2, 0.25) is 0 Å². The highest BCUT2D eigenvalue weighted by Crippen LogP contribution is 2.36. The van der Waals surface area contributed by atoms with Gasteiger partial charge in [-0.25, -0.2) is 0 Å². The van der Waals surface area contributed by atoms with Gasteiger partial charge in [-0.05, 0) is 30.5 Å². The van der Waals surface area contributed by atoms with Gasteiger partial charge < -0.3 is 19.9 Å². The number of nitrogens with one attached hydrogen (secondary N) is 1. The first kappa shape index (κ1) is 12.9. The second-order valence-electron chi connectivity index (χ2n) is 5.38. The molecule has 104 valence electrons. The molecule has 4 nitrogen and oxygen atoms in total. The largest absolute Gasteiger partial charge is 0.392 e. The molecule has 1 aliphatic heterocycles. The van der Waals surface area contributed by atoms with Crippen LogP contribution in [0.4, 0.5) is 5.69 Å². The highest BCUT2D eigenvalue weighted by atomic mass is 16.7. The van der Waals surface area contributed by atoms with Crippen LogP contribution < -0.4 is 5.32 Å². The molecular weight excluding hydrogens is 242 g/mol. The van der Waals surface area contributed by atoms with E-state index < -0.39 is 0 Å². The molecule has 1 spiro atoms. The summed E-state index contributed by atoms with van der Waals surface area (Å²) < 4.78 is 11.5. The molecule has 19 heavy (non-hydrogen) atoms. The van der Waals surface area contributed by atoms with E-state index in [0.29, 0.717) is 6.04 Å². The zero-order chi connectivity index (χ0) is 13.1. The van der Waals surface area contributed by atoms with E-state index in [1.807, 2.05) is 24.3 Å². The van der Waals surface area contributed by atoms with Crippen molar-refractivity contribution in [3.05, 3.63) is 29.8 Å². The fourth-order valence-corrected chi connectivity index (χ4v) is 2.93. The molecule has 0 atom stereocenters. The number of benzene rings is 1. The van der Waals surface area contributed by atoms with Gasteiger partial charge in [0, 0.05) is 24.6 Å². The number of aliphatic hydroxyl groups excluding tert-OH is 1. The molecule has 0 unspecified atom stereocenters. The standard InChI is InChI=1S/C15H21NO3/c17-11-12-1-3-13(4-2-12)16-14-5-7-15(8-6-14)18-9-10-19-15/h1-4,14,16-17H,5-11H2. The van der Waals surface area contributed by atoms with Crippen molar-refractivity contribution in [2.45, 2.75) is 44.1 Å². The molecule has 1 heterocycles. The minimum absolute atomic E-state index is 0.0981. The van der Waals surface area contributed by atoms with E-state index in [2.05, 4.69) is 5.32 Å². The van der Waals surface area contributed by atoms with E-state index in [-0.39, 0.29) is 12.4 Å². The number of hydrogen-bond acceptors (Lipinski definition) is 4. The predicted molar refractivity (Wildman–Crippen MR) is 72.9 cm³/mol. The topological polar surface area (TPSA) is 50.7 Å². The van der Waals surface area contributed by atoms with E-state index in [9.17, 15) is 0 Å². The van der Waals surface area contributed by atoms with Gasteiger partial charge in [0.05, 0.1) is 19.8 Å². The average Bonchev–Trinajstić information content (AvgIpc) is 2.91. The Bertz CT molecular complexity index is 402. The minimum Gasteiger partial charge on any atom is -0.392 e. The molecule has 4 heteroatoms. The van der Waals surface area contributed by atoms with Crippen LogP contribution in [0, 0.1) is 0 Å². The van der Waals surface area contributed by atoms with Crippen molar-refractivity contribution in [3.8, 4) is 0 Å². The molecule has 2 aliphatic rings. The molecule has 1 aliphatic carbocycles. The third-order valence-corrected chi connectivity index (χ3v) is 4.07. The number of anilines is 1. The molecule has 2 N–H and O–H groups in total. The molecule has 0 aromatic heterocycles. The molecular formula is C15H21NO3. The molecule has 3 rings (SSSR count). The maximum atomic E-state index is 9.02. The van der Waals surface area contributed by atoms with Crippen LogP contribution >= 0.6 is 0 Å². The number of aliphatic hydroxyl groups is 1. The third-order valence-electron chi connectivity index (χ3n) is 4.07. The lowest BCUT2D eigenvalue weighted by atomic mass is 9.90. The average molecular weight is 263 g/mol. The highest BCUT2D eigenvalue weighted by Gasteiger charge is 2.40. The van der Waals surface area contributed by atoms with Crippen LogP contribution in [0.1, 0.15) is 31.2 Å². The first-order valence-electron chi connectivity index (χ1n) is 7.04. The molecule has 0 amide bonds. The van der Waals surface area contributed by atoms with Gasteiger partial charge in [0.25, 0.3) is 0 Å². The van der Waals surface area contributed by atoms with Crippen molar-refractivity contribution in [3.63, 3.8) is 0 Å². The molecule has 1 saturated carbocycles. The van der Waals surface area contributed by atoms with E-state index in [1.165, 1.54) is 0 Å². The summed E-state index contributed by atoms with van der Waals surface area (Å²) in [5, 5.41) is 12.6. The van der Waals surface area contributed by atoms with Gasteiger partial charge in [-0.15, -0.1) is 0 Å². The summed E-state index contributed by atoms with van der Waals surface area (Å²) in [6.07, 6.45) is 4.09. The van der Waals surface area contributed by atoms with Crippen molar-refractivity contribution in [1.29, 1.82) is 0 Å². The SMILES string of the molecule is OCc1ccc(NC2CCC3(CC2)OCCO3)cc1. The molecule has 2 fully saturated rings. The van der Waals surface area contributed by atoms with E-state index in [0.717, 1.165) is 50.1 Å². The Kier molecular flexibility index (Phi) is 3.73. The van der Waals surface area contributed by atoms with Gasteiger partial charge in [0.15, 0.2) is 5.79 Å². The maximum absolute atomic E-state index is 9.02. The van der Waals surface area contributed by atoms with Crippen molar-refractivity contribution in [1.82, 2.24) is 0 Å². The summed E-state index contributed by atoms with van der Waals surface area (Å²) in [4.78, 5) is 0.